The van der Waals surface area contributed by atoms with Gasteiger partial charge in [0.1, 0.15) is 11.4 Å². The van der Waals surface area contributed by atoms with Crippen LogP contribution in [-0.4, -0.2) is 36.9 Å². The van der Waals surface area contributed by atoms with E-state index in [0.29, 0.717) is 5.69 Å². The first-order valence-corrected chi connectivity index (χ1v) is 5.32. The van der Waals surface area contributed by atoms with Crippen LogP contribution in [0.25, 0.3) is 0 Å². The van der Waals surface area contributed by atoms with E-state index in [-0.39, 0.29) is 18.0 Å². The van der Waals surface area contributed by atoms with E-state index in [4.69, 9.17) is 16.6 Å². The van der Waals surface area contributed by atoms with Crippen LogP contribution in [0, 0.1) is 0 Å². The highest BCUT2D eigenvalue weighted by Gasteiger charge is 2.01. The van der Waals surface area contributed by atoms with Gasteiger partial charge in [-0.2, -0.15) is 0 Å². The highest BCUT2D eigenvalue weighted by atomic mass is 16.3. The molecule has 0 saturated heterocycles. The number of amides is 2. The molecule has 20 heavy (non-hydrogen) atoms. The zero-order chi connectivity index (χ0) is 15.0. The third-order valence-corrected chi connectivity index (χ3v) is 1.94. The Bertz CT molecular complexity index is 572. The molecule has 9 heteroatoms. The number of rotatable bonds is 3. The molecule has 0 aliphatic carbocycles. The molecule has 104 valence electrons. The normalized spacial score (nSPS) is 9.25. The zero-order valence-electron chi connectivity index (χ0n) is 10.3. The lowest BCUT2D eigenvalue weighted by Crippen LogP contribution is -2.13. The molecule has 0 atom stereocenters. The van der Waals surface area contributed by atoms with Crippen LogP contribution in [-0.2, 0) is 6.61 Å². The molecule has 2 aromatic rings. The molecule has 0 aromatic carbocycles. The summed E-state index contributed by atoms with van der Waals surface area (Å²) < 4.78 is 0. The molecular weight excluding hydrogens is 264 g/mol. The number of aliphatic hydroxyl groups is 1. The van der Waals surface area contributed by atoms with E-state index < -0.39 is 11.8 Å². The lowest BCUT2D eigenvalue weighted by molar-refractivity contribution is 0.0986. The predicted octanol–water partition coefficient (Wildman–Crippen LogP) is -1.36. The number of aliphatic hydroxyl groups excluding tert-OH is 1. The van der Waals surface area contributed by atoms with Gasteiger partial charge in [0.15, 0.2) is 0 Å². The summed E-state index contributed by atoms with van der Waals surface area (Å²) in [7, 11) is 0. The van der Waals surface area contributed by atoms with E-state index in [9.17, 15) is 9.59 Å². The van der Waals surface area contributed by atoms with Crippen molar-refractivity contribution in [3.63, 3.8) is 0 Å². The summed E-state index contributed by atoms with van der Waals surface area (Å²) in [6, 6.07) is 0. The van der Waals surface area contributed by atoms with Crippen molar-refractivity contribution in [2.75, 3.05) is 0 Å². The van der Waals surface area contributed by atoms with Crippen molar-refractivity contribution < 1.29 is 14.7 Å². The maximum Gasteiger partial charge on any atom is 0.268 e. The first kappa shape index (κ1) is 15.1. The molecule has 0 unspecified atom stereocenters. The van der Waals surface area contributed by atoms with E-state index >= 15 is 0 Å². The Morgan fingerprint density at radius 2 is 1.60 bits per heavy atom. The first-order chi connectivity index (χ1) is 9.54. The third-order valence-electron chi connectivity index (χ3n) is 1.94. The Morgan fingerprint density at radius 1 is 0.950 bits per heavy atom. The summed E-state index contributed by atoms with van der Waals surface area (Å²) in [5.41, 5.74) is 10.5. The number of nitrogens with zero attached hydrogens (tertiary/aromatic N) is 4. The molecular formula is C11H12N6O3. The molecule has 9 nitrogen and oxygen atoms in total. The number of primary amides is 2. The maximum absolute atomic E-state index is 10.5. The molecule has 2 rings (SSSR count). The maximum atomic E-state index is 10.5. The Morgan fingerprint density at radius 3 is 1.95 bits per heavy atom. The van der Waals surface area contributed by atoms with Crippen molar-refractivity contribution in [1.82, 2.24) is 19.9 Å². The summed E-state index contributed by atoms with van der Waals surface area (Å²) in [6.45, 7) is -0.188. The van der Waals surface area contributed by atoms with Gasteiger partial charge >= 0.3 is 0 Å². The largest absolute Gasteiger partial charge is 0.390 e. The Hall–Kier alpha value is -2.94. The van der Waals surface area contributed by atoms with E-state index in [1.54, 1.807) is 0 Å². The van der Waals surface area contributed by atoms with Gasteiger partial charge in [0.25, 0.3) is 11.8 Å². The minimum atomic E-state index is -0.623. The topological polar surface area (TPSA) is 158 Å². The summed E-state index contributed by atoms with van der Waals surface area (Å²) in [5, 5.41) is 8.55. The molecule has 0 bridgehead atoms. The second-order valence-electron chi connectivity index (χ2n) is 3.37. The third kappa shape index (κ3) is 4.74. The van der Waals surface area contributed by atoms with Gasteiger partial charge in [-0.05, 0) is 0 Å². The lowest BCUT2D eigenvalue weighted by atomic mass is 10.4. The van der Waals surface area contributed by atoms with Gasteiger partial charge < -0.3 is 16.6 Å². The van der Waals surface area contributed by atoms with Crippen LogP contribution in [0.5, 0.6) is 0 Å². The van der Waals surface area contributed by atoms with Gasteiger partial charge in [0.2, 0.25) is 0 Å². The Labute approximate surface area is 113 Å². The van der Waals surface area contributed by atoms with Crippen LogP contribution < -0.4 is 11.5 Å². The van der Waals surface area contributed by atoms with Crippen LogP contribution in [0.15, 0.2) is 31.0 Å². The van der Waals surface area contributed by atoms with Crippen LogP contribution in [0.3, 0.4) is 0 Å². The van der Waals surface area contributed by atoms with Crippen molar-refractivity contribution in [3.05, 3.63) is 48.1 Å². The molecule has 0 aliphatic heterocycles. The molecule has 2 heterocycles. The van der Waals surface area contributed by atoms with Crippen molar-refractivity contribution in [2.45, 2.75) is 6.61 Å². The van der Waals surface area contributed by atoms with Crippen LogP contribution in [0.1, 0.15) is 26.7 Å². The van der Waals surface area contributed by atoms with E-state index in [0.717, 1.165) is 0 Å². The average Bonchev–Trinajstić information content (AvgIpc) is 2.49. The van der Waals surface area contributed by atoms with E-state index in [1.807, 2.05) is 0 Å². The number of aromatic nitrogens is 4. The van der Waals surface area contributed by atoms with Crippen molar-refractivity contribution in [3.8, 4) is 0 Å². The molecule has 5 N–H and O–H groups in total. The van der Waals surface area contributed by atoms with Crippen molar-refractivity contribution in [1.29, 1.82) is 0 Å². The Kier molecular flexibility index (Phi) is 5.66. The number of nitrogens with two attached hydrogens (primary N) is 2. The van der Waals surface area contributed by atoms with Crippen LogP contribution in [0.2, 0.25) is 0 Å². The lowest BCUT2D eigenvalue weighted by Gasteiger charge is -1.94. The Balaban J connectivity index is 0.000000204. The molecule has 0 spiro atoms. The van der Waals surface area contributed by atoms with Crippen molar-refractivity contribution in [2.24, 2.45) is 11.5 Å². The summed E-state index contributed by atoms with van der Waals surface area (Å²) >= 11 is 0. The molecule has 2 aromatic heterocycles. The fraction of sp³-hybridized carbons (Fsp3) is 0.0909. The molecule has 0 radical (unpaired) electrons. The second-order valence-corrected chi connectivity index (χ2v) is 3.37. The standard InChI is InChI=1S/C6H7N3O2.C5H5N3O/c7-6(11)5-2-8-4(3-10)1-9-5;6-5(9)4-3-7-1-2-8-4/h1-2,10H,3H2,(H2,7,11);1-3H,(H2,6,9). The second kappa shape index (κ2) is 7.48. The number of hydrogen-bond acceptors (Lipinski definition) is 7. The summed E-state index contributed by atoms with van der Waals surface area (Å²) in [4.78, 5) is 35.4. The van der Waals surface area contributed by atoms with E-state index in [2.05, 4.69) is 19.9 Å². The minimum Gasteiger partial charge on any atom is -0.390 e. The number of carbonyl (C=O) groups is 2. The van der Waals surface area contributed by atoms with Crippen molar-refractivity contribution >= 4 is 11.8 Å². The van der Waals surface area contributed by atoms with Gasteiger partial charge in [-0.1, -0.05) is 0 Å². The van der Waals surface area contributed by atoms with Gasteiger partial charge in [-0.25, -0.2) is 9.97 Å². The fourth-order valence-corrected chi connectivity index (χ4v) is 0.990. The van der Waals surface area contributed by atoms with Gasteiger partial charge in [-0.3, -0.25) is 19.6 Å². The minimum absolute atomic E-state index is 0.0993. The number of hydrogen-bond donors (Lipinski definition) is 3. The zero-order valence-corrected chi connectivity index (χ0v) is 10.3. The quantitative estimate of drug-likeness (QED) is 0.624. The number of carbonyl (C=O) groups excluding carboxylic acids is 2. The van der Waals surface area contributed by atoms with Crippen LogP contribution in [0.4, 0.5) is 0 Å². The fourth-order valence-electron chi connectivity index (χ4n) is 0.990. The first-order valence-electron chi connectivity index (χ1n) is 5.32. The van der Waals surface area contributed by atoms with Gasteiger partial charge in [0.05, 0.1) is 30.9 Å². The monoisotopic (exact) mass is 276 g/mol. The summed E-state index contributed by atoms with van der Waals surface area (Å²) in [5.74, 6) is -1.18. The average molecular weight is 276 g/mol. The highest BCUT2D eigenvalue weighted by molar-refractivity contribution is 5.90. The molecule has 2 amide bonds. The SMILES string of the molecule is NC(=O)c1cnc(CO)cn1.NC(=O)c1cnccn1. The smallest absolute Gasteiger partial charge is 0.268 e. The van der Waals surface area contributed by atoms with Gasteiger partial charge in [0, 0.05) is 12.4 Å². The van der Waals surface area contributed by atoms with Crippen LogP contribution >= 0.6 is 0 Å². The molecule has 0 aliphatic rings. The summed E-state index contributed by atoms with van der Waals surface area (Å²) in [6.07, 6.45) is 6.75. The molecule has 0 saturated carbocycles. The van der Waals surface area contributed by atoms with E-state index in [1.165, 1.54) is 31.0 Å². The van der Waals surface area contributed by atoms with Gasteiger partial charge in [-0.15, -0.1) is 0 Å². The highest BCUT2D eigenvalue weighted by Crippen LogP contribution is 1.93. The molecule has 0 fully saturated rings. The predicted molar refractivity (Wildman–Crippen MR) is 67.0 cm³/mol.